The Hall–Kier alpha value is -2.79. The summed E-state index contributed by atoms with van der Waals surface area (Å²) in [5.74, 6) is 1.48. The number of hydrogen-bond donors (Lipinski definition) is 0. The van der Waals surface area contributed by atoms with Crippen LogP contribution in [-0.4, -0.2) is 33.5 Å². The molecule has 0 aliphatic carbocycles. The van der Waals surface area contributed by atoms with Gasteiger partial charge in [0.2, 0.25) is 0 Å². The molecule has 0 N–H and O–H groups in total. The van der Waals surface area contributed by atoms with E-state index in [9.17, 15) is 0 Å². The molecule has 1 saturated heterocycles. The fourth-order valence-electron chi connectivity index (χ4n) is 3.73. The van der Waals surface area contributed by atoms with Gasteiger partial charge < -0.3 is 4.74 Å². The van der Waals surface area contributed by atoms with Crippen molar-refractivity contribution in [3.05, 3.63) is 72.3 Å². The van der Waals surface area contributed by atoms with Gasteiger partial charge in [0.25, 0.3) is 0 Å². The maximum Gasteiger partial charge on any atom is 0.162 e. The number of benzene rings is 1. The van der Waals surface area contributed by atoms with Crippen molar-refractivity contribution in [2.24, 2.45) is 0 Å². The molecule has 1 aromatic carbocycles. The van der Waals surface area contributed by atoms with Gasteiger partial charge in [-0.25, -0.2) is 9.97 Å². The number of methoxy groups -OCH3 is 1. The topological polar surface area (TPSA) is 51.1 Å². The van der Waals surface area contributed by atoms with E-state index in [0.29, 0.717) is 11.9 Å². The largest absolute Gasteiger partial charge is 0.496 e. The molecule has 0 radical (unpaired) electrons. The number of likely N-dealkylation sites (tertiary alicyclic amines) is 1. The molecule has 0 spiro atoms. The summed E-state index contributed by atoms with van der Waals surface area (Å²) < 4.78 is 5.42. The lowest BCUT2D eigenvalue weighted by Crippen LogP contribution is -2.33. The van der Waals surface area contributed by atoms with Gasteiger partial charge in [0.1, 0.15) is 5.75 Å². The first-order valence-corrected chi connectivity index (χ1v) is 9.44. The molecule has 3 aromatic rings. The van der Waals surface area contributed by atoms with E-state index in [0.717, 1.165) is 42.1 Å². The lowest BCUT2D eigenvalue weighted by Gasteiger charge is -2.35. The fourth-order valence-corrected chi connectivity index (χ4v) is 3.73. The predicted octanol–water partition coefficient (Wildman–Crippen LogP) is 4.27. The molecule has 27 heavy (non-hydrogen) atoms. The average molecular weight is 360 g/mol. The standard InChI is InChI=1S/C22H24N4O/c1-27-21-11-3-2-8-18(21)22-24-14-17(15-25-22)16-26-13-7-5-10-20(26)19-9-4-6-12-23-19/h2-4,6,8-9,11-12,14-15,20H,5,7,10,13,16H2,1H3. The summed E-state index contributed by atoms with van der Waals surface area (Å²) in [6.45, 7) is 1.92. The number of para-hydroxylation sites is 1. The Balaban J connectivity index is 1.52. The van der Waals surface area contributed by atoms with Gasteiger partial charge in [0.15, 0.2) is 5.82 Å². The van der Waals surface area contributed by atoms with Crippen LogP contribution < -0.4 is 4.74 Å². The molecule has 0 amide bonds. The molecule has 0 saturated carbocycles. The van der Waals surface area contributed by atoms with Gasteiger partial charge in [-0.05, 0) is 43.7 Å². The number of pyridine rings is 1. The molecule has 1 atom stereocenters. The molecule has 1 unspecified atom stereocenters. The second-order valence-corrected chi connectivity index (χ2v) is 6.85. The van der Waals surface area contributed by atoms with Crippen LogP contribution in [0.3, 0.4) is 0 Å². The molecule has 1 fully saturated rings. The van der Waals surface area contributed by atoms with Gasteiger partial charge in [-0.1, -0.05) is 24.6 Å². The van der Waals surface area contributed by atoms with Gasteiger partial charge in [-0.2, -0.15) is 0 Å². The molecule has 5 nitrogen and oxygen atoms in total. The smallest absolute Gasteiger partial charge is 0.162 e. The van der Waals surface area contributed by atoms with Gasteiger partial charge in [-0.3, -0.25) is 9.88 Å². The van der Waals surface area contributed by atoms with Crippen LogP contribution in [0.5, 0.6) is 5.75 Å². The van der Waals surface area contributed by atoms with Crippen LogP contribution in [-0.2, 0) is 6.54 Å². The SMILES string of the molecule is COc1ccccc1-c1ncc(CN2CCCCC2c2ccccn2)cn1. The molecule has 2 aromatic heterocycles. The summed E-state index contributed by atoms with van der Waals surface area (Å²) >= 11 is 0. The maximum atomic E-state index is 5.42. The van der Waals surface area contributed by atoms with Crippen molar-refractivity contribution < 1.29 is 4.74 Å². The van der Waals surface area contributed by atoms with Crippen LogP contribution >= 0.6 is 0 Å². The molecule has 138 valence electrons. The van der Waals surface area contributed by atoms with Crippen LogP contribution in [0.4, 0.5) is 0 Å². The van der Waals surface area contributed by atoms with E-state index in [1.807, 2.05) is 48.9 Å². The highest BCUT2D eigenvalue weighted by Crippen LogP contribution is 2.31. The van der Waals surface area contributed by atoms with Crippen LogP contribution in [0.25, 0.3) is 11.4 Å². The average Bonchev–Trinajstić information content (AvgIpc) is 2.75. The highest BCUT2D eigenvalue weighted by Gasteiger charge is 2.25. The van der Waals surface area contributed by atoms with Gasteiger partial charge in [0, 0.05) is 30.7 Å². The summed E-state index contributed by atoms with van der Waals surface area (Å²) in [5.41, 5.74) is 3.19. The Morgan fingerprint density at radius 3 is 2.59 bits per heavy atom. The van der Waals surface area contributed by atoms with E-state index >= 15 is 0 Å². The first-order valence-electron chi connectivity index (χ1n) is 9.44. The molecular formula is C22H24N4O. The second kappa shape index (κ2) is 8.27. The van der Waals surface area contributed by atoms with E-state index < -0.39 is 0 Å². The van der Waals surface area contributed by atoms with E-state index in [2.05, 4.69) is 32.0 Å². The highest BCUT2D eigenvalue weighted by molar-refractivity contribution is 5.63. The number of aromatic nitrogens is 3. The van der Waals surface area contributed by atoms with Gasteiger partial charge in [0.05, 0.1) is 24.4 Å². The summed E-state index contributed by atoms with van der Waals surface area (Å²) in [7, 11) is 1.67. The van der Waals surface area contributed by atoms with Crippen LogP contribution in [0.2, 0.25) is 0 Å². The summed E-state index contributed by atoms with van der Waals surface area (Å²) in [5, 5.41) is 0. The zero-order valence-electron chi connectivity index (χ0n) is 15.6. The molecule has 3 heterocycles. The van der Waals surface area contributed by atoms with Gasteiger partial charge in [-0.15, -0.1) is 0 Å². The Kier molecular flexibility index (Phi) is 5.39. The Bertz CT molecular complexity index is 867. The molecule has 1 aliphatic heterocycles. The quantitative estimate of drug-likeness (QED) is 0.680. The molecule has 4 rings (SSSR count). The number of nitrogens with zero attached hydrogens (tertiary/aromatic N) is 4. The lowest BCUT2D eigenvalue weighted by molar-refractivity contribution is 0.137. The number of ether oxygens (including phenoxy) is 1. The second-order valence-electron chi connectivity index (χ2n) is 6.85. The molecule has 0 bridgehead atoms. The minimum Gasteiger partial charge on any atom is -0.496 e. The van der Waals surface area contributed by atoms with Crippen molar-refractivity contribution in [3.8, 4) is 17.1 Å². The zero-order valence-corrected chi connectivity index (χ0v) is 15.6. The highest BCUT2D eigenvalue weighted by atomic mass is 16.5. The Labute approximate surface area is 160 Å². The normalized spacial score (nSPS) is 17.6. The number of piperidine rings is 1. The molecular weight excluding hydrogens is 336 g/mol. The van der Waals surface area contributed by atoms with E-state index in [4.69, 9.17) is 4.74 Å². The Morgan fingerprint density at radius 2 is 1.81 bits per heavy atom. The maximum absolute atomic E-state index is 5.42. The van der Waals surface area contributed by atoms with Crippen molar-refractivity contribution in [3.63, 3.8) is 0 Å². The van der Waals surface area contributed by atoms with E-state index in [1.54, 1.807) is 7.11 Å². The molecule has 1 aliphatic rings. The van der Waals surface area contributed by atoms with E-state index in [-0.39, 0.29) is 0 Å². The van der Waals surface area contributed by atoms with Crippen LogP contribution in [0, 0.1) is 0 Å². The minimum atomic E-state index is 0.369. The third kappa shape index (κ3) is 3.98. The van der Waals surface area contributed by atoms with Crippen molar-refractivity contribution >= 4 is 0 Å². The first kappa shape index (κ1) is 17.6. The predicted molar refractivity (Wildman–Crippen MR) is 105 cm³/mol. The van der Waals surface area contributed by atoms with Crippen molar-refractivity contribution in [2.45, 2.75) is 31.8 Å². The van der Waals surface area contributed by atoms with Crippen molar-refractivity contribution in [1.82, 2.24) is 19.9 Å². The summed E-state index contributed by atoms with van der Waals surface area (Å²) in [4.78, 5) is 16.2. The van der Waals surface area contributed by atoms with Crippen molar-refractivity contribution in [1.29, 1.82) is 0 Å². The fraction of sp³-hybridized carbons (Fsp3) is 0.318. The zero-order chi connectivity index (χ0) is 18.5. The third-order valence-electron chi connectivity index (χ3n) is 5.08. The van der Waals surface area contributed by atoms with E-state index in [1.165, 1.54) is 12.8 Å². The monoisotopic (exact) mass is 360 g/mol. The number of rotatable bonds is 5. The minimum absolute atomic E-state index is 0.369. The number of hydrogen-bond acceptors (Lipinski definition) is 5. The lowest BCUT2D eigenvalue weighted by atomic mass is 9.98. The first-order chi connectivity index (χ1) is 13.3. The molecule has 5 heteroatoms. The summed E-state index contributed by atoms with van der Waals surface area (Å²) in [6, 6.07) is 14.4. The van der Waals surface area contributed by atoms with Crippen LogP contribution in [0.15, 0.2) is 61.1 Å². The van der Waals surface area contributed by atoms with Crippen molar-refractivity contribution in [2.75, 3.05) is 13.7 Å². The Morgan fingerprint density at radius 1 is 1.00 bits per heavy atom. The van der Waals surface area contributed by atoms with Crippen LogP contribution in [0.1, 0.15) is 36.6 Å². The van der Waals surface area contributed by atoms with Gasteiger partial charge >= 0.3 is 0 Å². The summed E-state index contributed by atoms with van der Waals surface area (Å²) in [6.07, 6.45) is 9.37. The third-order valence-corrected chi connectivity index (χ3v) is 5.08.